The van der Waals surface area contributed by atoms with Crippen LogP contribution >= 0.6 is 0 Å². The Bertz CT molecular complexity index is 226. The Morgan fingerprint density at radius 1 is 1.27 bits per heavy atom. The molecule has 0 unspecified atom stereocenters. The zero-order valence-electron chi connectivity index (χ0n) is 9.33. The van der Waals surface area contributed by atoms with E-state index in [-0.39, 0.29) is 11.7 Å². The molecular formula is C11H19NO3. The summed E-state index contributed by atoms with van der Waals surface area (Å²) in [4.78, 5) is 13.4. The summed E-state index contributed by atoms with van der Waals surface area (Å²) in [6.45, 7) is 5.03. The third-order valence-corrected chi connectivity index (χ3v) is 3.20. The lowest BCUT2D eigenvalue weighted by Gasteiger charge is -2.43. The van der Waals surface area contributed by atoms with Crippen LogP contribution in [0.2, 0.25) is 0 Å². The van der Waals surface area contributed by atoms with Gasteiger partial charge in [-0.3, -0.25) is 4.79 Å². The normalized spacial score (nSPS) is 25.5. The summed E-state index contributed by atoms with van der Waals surface area (Å²) in [5, 5.41) is 0. The van der Waals surface area contributed by atoms with Gasteiger partial charge in [0.15, 0.2) is 5.79 Å². The van der Waals surface area contributed by atoms with E-state index in [4.69, 9.17) is 9.47 Å². The lowest BCUT2D eigenvalue weighted by molar-refractivity contribution is -0.282. The Hall–Kier alpha value is -0.610. The molecule has 15 heavy (non-hydrogen) atoms. The first-order valence-corrected chi connectivity index (χ1v) is 5.81. The van der Waals surface area contributed by atoms with Crippen molar-refractivity contribution in [3.8, 4) is 0 Å². The fraction of sp³-hybridized carbons (Fsp3) is 0.909. The molecule has 0 bridgehead atoms. The van der Waals surface area contributed by atoms with Crippen LogP contribution in [0.1, 0.15) is 32.6 Å². The molecule has 2 saturated heterocycles. The minimum absolute atomic E-state index is 0.237. The molecule has 2 fully saturated rings. The lowest BCUT2D eigenvalue weighted by Crippen LogP contribution is -2.51. The fourth-order valence-corrected chi connectivity index (χ4v) is 2.23. The van der Waals surface area contributed by atoms with Gasteiger partial charge in [-0.25, -0.2) is 0 Å². The number of hydrogen-bond donors (Lipinski definition) is 0. The molecule has 2 heterocycles. The molecule has 2 rings (SSSR count). The maximum atomic E-state index is 11.5. The number of carbonyl (C=O) groups excluding carboxylic acids is 1. The Balaban J connectivity index is 1.88. The average Bonchev–Trinajstić information content (AvgIpc) is 2.30. The van der Waals surface area contributed by atoms with Gasteiger partial charge in [-0.2, -0.15) is 0 Å². The minimum Gasteiger partial charge on any atom is -0.350 e. The van der Waals surface area contributed by atoms with E-state index in [0.29, 0.717) is 6.42 Å². The highest BCUT2D eigenvalue weighted by molar-refractivity contribution is 5.75. The molecule has 0 aliphatic carbocycles. The molecule has 2 aliphatic rings. The van der Waals surface area contributed by atoms with E-state index in [1.54, 1.807) is 0 Å². The van der Waals surface area contributed by atoms with Crippen molar-refractivity contribution in [1.82, 2.24) is 4.90 Å². The molecule has 0 aromatic heterocycles. The topological polar surface area (TPSA) is 38.8 Å². The Kier molecular flexibility index (Phi) is 3.26. The molecule has 86 valence electrons. The summed E-state index contributed by atoms with van der Waals surface area (Å²) in [6.07, 6.45) is 3.21. The summed E-state index contributed by atoms with van der Waals surface area (Å²) < 4.78 is 11.4. The number of carbonyl (C=O) groups is 1. The second-order valence-corrected chi connectivity index (χ2v) is 4.20. The van der Waals surface area contributed by atoms with Gasteiger partial charge in [-0.1, -0.05) is 6.92 Å². The Morgan fingerprint density at radius 2 is 1.87 bits per heavy atom. The van der Waals surface area contributed by atoms with Gasteiger partial charge in [0, 0.05) is 32.4 Å². The fourth-order valence-electron chi connectivity index (χ4n) is 2.23. The van der Waals surface area contributed by atoms with Crippen LogP contribution in [-0.2, 0) is 14.3 Å². The van der Waals surface area contributed by atoms with Crippen molar-refractivity contribution < 1.29 is 14.3 Å². The van der Waals surface area contributed by atoms with Crippen LogP contribution in [0.15, 0.2) is 0 Å². The average molecular weight is 213 g/mol. The number of hydrogen-bond acceptors (Lipinski definition) is 3. The van der Waals surface area contributed by atoms with Gasteiger partial charge >= 0.3 is 0 Å². The summed E-state index contributed by atoms with van der Waals surface area (Å²) in [5.74, 6) is -0.136. The summed E-state index contributed by atoms with van der Waals surface area (Å²) in [5.41, 5.74) is 0. The largest absolute Gasteiger partial charge is 0.350 e. The highest BCUT2D eigenvalue weighted by Crippen LogP contribution is 2.30. The molecular weight excluding hydrogens is 194 g/mol. The SMILES string of the molecule is CCC(=O)N1CCC2(CC1)OCCCO2. The first-order chi connectivity index (χ1) is 7.26. The van der Waals surface area contributed by atoms with Crippen LogP contribution in [0.5, 0.6) is 0 Å². The first kappa shape index (κ1) is 10.9. The predicted octanol–water partition coefficient (Wildman–Crippen LogP) is 1.15. The van der Waals surface area contributed by atoms with Crippen molar-refractivity contribution in [3.05, 3.63) is 0 Å². The van der Waals surface area contributed by atoms with Crippen LogP contribution in [0.3, 0.4) is 0 Å². The van der Waals surface area contributed by atoms with Crippen LogP contribution in [-0.4, -0.2) is 42.9 Å². The highest BCUT2D eigenvalue weighted by Gasteiger charge is 2.38. The van der Waals surface area contributed by atoms with Crippen molar-refractivity contribution >= 4 is 5.91 Å². The van der Waals surface area contributed by atoms with E-state index in [9.17, 15) is 4.79 Å². The highest BCUT2D eigenvalue weighted by atomic mass is 16.7. The van der Waals surface area contributed by atoms with E-state index in [1.807, 2.05) is 11.8 Å². The molecule has 0 N–H and O–H groups in total. The zero-order chi connectivity index (χ0) is 10.7. The van der Waals surface area contributed by atoms with Gasteiger partial charge < -0.3 is 14.4 Å². The lowest BCUT2D eigenvalue weighted by atomic mass is 10.0. The van der Waals surface area contributed by atoms with Crippen molar-refractivity contribution in [2.24, 2.45) is 0 Å². The molecule has 0 radical (unpaired) electrons. The number of piperidine rings is 1. The van der Waals surface area contributed by atoms with E-state index >= 15 is 0 Å². The smallest absolute Gasteiger partial charge is 0.222 e. The molecule has 4 heteroatoms. The van der Waals surface area contributed by atoms with E-state index in [2.05, 4.69) is 0 Å². The number of ether oxygens (including phenoxy) is 2. The second-order valence-electron chi connectivity index (χ2n) is 4.20. The maximum Gasteiger partial charge on any atom is 0.222 e. The first-order valence-electron chi connectivity index (χ1n) is 5.81. The summed E-state index contributed by atoms with van der Waals surface area (Å²) >= 11 is 0. The molecule has 0 aromatic rings. The molecule has 1 amide bonds. The zero-order valence-corrected chi connectivity index (χ0v) is 9.33. The molecule has 0 atom stereocenters. The number of rotatable bonds is 1. The van der Waals surface area contributed by atoms with Crippen LogP contribution in [0.25, 0.3) is 0 Å². The third kappa shape index (κ3) is 2.32. The second kappa shape index (κ2) is 4.49. The standard InChI is InChI=1S/C11H19NO3/c1-2-10(13)12-6-4-11(5-7-12)14-8-3-9-15-11/h2-9H2,1H3. The predicted molar refractivity (Wildman–Crippen MR) is 55.4 cm³/mol. The van der Waals surface area contributed by atoms with Crippen molar-refractivity contribution in [3.63, 3.8) is 0 Å². The van der Waals surface area contributed by atoms with Gasteiger partial charge in [0.25, 0.3) is 0 Å². The Labute approximate surface area is 90.5 Å². The van der Waals surface area contributed by atoms with E-state index < -0.39 is 0 Å². The third-order valence-electron chi connectivity index (χ3n) is 3.20. The maximum absolute atomic E-state index is 11.5. The van der Waals surface area contributed by atoms with Crippen LogP contribution in [0, 0.1) is 0 Å². The molecule has 2 aliphatic heterocycles. The van der Waals surface area contributed by atoms with Crippen LogP contribution in [0.4, 0.5) is 0 Å². The molecule has 0 aromatic carbocycles. The van der Waals surface area contributed by atoms with E-state index in [1.165, 1.54) is 0 Å². The van der Waals surface area contributed by atoms with Crippen LogP contribution < -0.4 is 0 Å². The quantitative estimate of drug-likeness (QED) is 0.656. The van der Waals surface area contributed by atoms with Gasteiger partial charge in [-0.05, 0) is 6.42 Å². The number of nitrogens with zero attached hydrogens (tertiary/aromatic N) is 1. The summed E-state index contributed by atoms with van der Waals surface area (Å²) in [6, 6.07) is 0. The van der Waals surface area contributed by atoms with Gasteiger partial charge in [0.1, 0.15) is 0 Å². The van der Waals surface area contributed by atoms with Gasteiger partial charge in [0.2, 0.25) is 5.91 Å². The Morgan fingerprint density at radius 3 is 2.40 bits per heavy atom. The molecule has 1 spiro atoms. The van der Waals surface area contributed by atoms with Crippen molar-refractivity contribution in [1.29, 1.82) is 0 Å². The van der Waals surface area contributed by atoms with Crippen molar-refractivity contribution in [2.45, 2.75) is 38.4 Å². The molecule has 0 saturated carbocycles. The van der Waals surface area contributed by atoms with E-state index in [0.717, 1.165) is 45.6 Å². The van der Waals surface area contributed by atoms with Gasteiger partial charge in [0.05, 0.1) is 13.2 Å². The van der Waals surface area contributed by atoms with Gasteiger partial charge in [-0.15, -0.1) is 0 Å². The number of likely N-dealkylation sites (tertiary alicyclic amines) is 1. The molecule has 4 nitrogen and oxygen atoms in total. The summed E-state index contributed by atoms with van der Waals surface area (Å²) in [7, 11) is 0. The monoisotopic (exact) mass is 213 g/mol. The van der Waals surface area contributed by atoms with Crippen molar-refractivity contribution in [2.75, 3.05) is 26.3 Å². The minimum atomic E-state index is -0.372. The number of amides is 1.